The van der Waals surface area contributed by atoms with Crippen molar-refractivity contribution in [2.75, 3.05) is 32.1 Å². The lowest BCUT2D eigenvalue weighted by molar-refractivity contribution is -0.137. The van der Waals surface area contributed by atoms with Gasteiger partial charge < -0.3 is 15.2 Å². The average molecular weight is 638 g/mol. The van der Waals surface area contributed by atoms with E-state index < -0.39 is 21.9 Å². The van der Waals surface area contributed by atoms with Crippen LogP contribution in [0.3, 0.4) is 0 Å². The molecular weight excluding hydrogens is 603 g/mol. The summed E-state index contributed by atoms with van der Waals surface area (Å²) in [7, 11) is -2.52. The number of amides is 1. The van der Waals surface area contributed by atoms with E-state index >= 15 is 0 Å². The van der Waals surface area contributed by atoms with E-state index in [0.717, 1.165) is 41.2 Å². The van der Waals surface area contributed by atoms with Gasteiger partial charge in [0.05, 0.1) is 29.5 Å². The summed E-state index contributed by atoms with van der Waals surface area (Å²) in [5.41, 5.74) is 3.12. The Balaban J connectivity index is 1.37. The Hall–Kier alpha value is -3.78. The molecule has 2 N–H and O–H groups in total. The third kappa shape index (κ3) is 7.65. The molecular formula is C31H35N5O6S2. The van der Waals surface area contributed by atoms with E-state index in [-0.39, 0.29) is 36.9 Å². The van der Waals surface area contributed by atoms with E-state index in [4.69, 9.17) is 14.8 Å². The van der Waals surface area contributed by atoms with Crippen LogP contribution in [0.5, 0.6) is 0 Å². The number of ether oxygens (including phenoxy) is 1. The summed E-state index contributed by atoms with van der Waals surface area (Å²) >= 11 is 1.31. The third-order valence-electron chi connectivity index (χ3n) is 7.86. The second kappa shape index (κ2) is 14.3. The number of anilines is 1. The zero-order chi connectivity index (χ0) is 31.1. The molecule has 0 spiro atoms. The lowest BCUT2D eigenvalue weighted by Gasteiger charge is -2.23. The highest BCUT2D eigenvalue weighted by atomic mass is 32.2. The molecule has 0 bridgehead atoms. The molecule has 3 aromatic heterocycles. The molecule has 0 unspecified atom stereocenters. The Morgan fingerprint density at radius 3 is 2.45 bits per heavy atom. The van der Waals surface area contributed by atoms with Gasteiger partial charge in [-0.25, -0.2) is 18.4 Å². The first-order valence-corrected chi connectivity index (χ1v) is 16.8. The molecule has 1 aromatic carbocycles. The van der Waals surface area contributed by atoms with Gasteiger partial charge >= 0.3 is 5.97 Å². The number of sulfonamides is 1. The monoisotopic (exact) mass is 637 g/mol. The summed E-state index contributed by atoms with van der Waals surface area (Å²) in [6.07, 6.45) is 8.11. The number of methoxy groups -OCH3 is 1. The van der Waals surface area contributed by atoms with Gasteiger partial charge in [-0.05, 0) is 54.3 Å². The molecule has 11 nitrogen and oxygen atoms in total. The number of hydrogen-bond acceptors (Lipinski definition) is 9. The van der Waals surface area contributed by atoms with Crippen molar-refractivity contribution in [1.82, 2.24) is 19.3 Å². The smallest absolute Gasteiger partial charge is 0.304 e. The minimum absolute atomic E-state index is 0.0294. The number of pyridine rings is 2. The van der Waals surface area contributed by atoms with Crippen LogP contribution >= 0.6 is 11.3 Å². The normalized spacial score (nSPS) is 14.7. The number of aliphatic carboxylic acids is 1. The van der Waals surface area contributed by atoms with Crippen molar-refractivity contribution >= 4 is 48.7 Å². The first-order chi connectivity index (χ1) is 21.2. The molecule has 0 saturated heterocycles. The Morgan fingerprint density at radius 1 is 1.05 bits per heavy atom. The Labute approximate surface area is 260 Å². The second-order valence-electron chi connectivity index (χ2n) is 10.8. The van der Waals surface area contributed by atoms with Crippen LogP contribution in [0.25, 0.3) is 21.6 Å². The molecule has 44 heavy (non-hydrogen) atoms. The predicted octanol–water partition coefficient (Wildman–Crippen LogP) is 5.17. The van der Waals surface area contributed by atoms with E-state index in [1.54, 1.807) is 24.5 Å². The molecule has 5 rings (SSSR count). The molecule has 1 fully saturated rings. The maximum Gasteiger partial charge on any atom is 0.304 e. The van der Waals surface area contributed by atoms with E-state index in [1.165, 1.54) is 30.6 Å². The zero-order valence-electron chi connectivity index (χ0n) is 24.4. The Bertz CT molecular complexity index is 1690. The number of nitrogens with one attached hydrogen (secondary N) is 1. The fraction of sp³-hybridized carbons (Fsp3) is 0.387. The summed E-state index contributed by atoms with van der Waals surface area (Å²) in [4.78, 5) is 39.0. The van der Waals surface area contributed by atoms with Crippen LogP contribution in [0.2, 0.25) is 0 Å². The molecule has 0 aliphatic heterocycles. The van der Waals surface area contributed by atoms with Crippen LogP contribution < -0.4 is 5.32 Å². The van der Waals surface area contributed by atoms with Gasteiger partial charge in [-0.2, -0.15) is 4.31 Å². The number of fused-ring (bicyclic) bond motifs is 1. The number of carboxylic acid groups (broad SMARTS) is 1. The van der Waals surface area contributed by atoms with Crippen molar-refractivity contribution in [3.8, 4) is 11.3 Å². The van der Waals surface area contributed by atoms with Gasteiger partial charge in [0.1, 0.15) is 10.3 Å². The minimum atomic E-state index is -3.97. The summed E-state index contributed by atoms with van der Waals surface area (Å²) < 4.78 is 32.9. The molecule has 1 saturated carbocycles. The highest BCUT2D eigenvalue weighted by Gasteiger charge is 2.29. The van der Waals surface area contributed by atoms with E-state index in [1.807, 2.05) is 24.3 Å². The molecule has 4 aromatic rings. The quantitative estimate of drug-likeness (QED) is 0.191. The largest absolute Gasteiger partial charge is 0.481 e. The lowest BCUT2D eigenvalue weighted by Crippen LogP contribution is -2.35. The molecule has 13 heteroatoms. The first kappa shape index (κ1) is 31.6. The minimum Gasteiger partial charge on any atom is -0.481 e. The van der Waals surface area contributed by atoms with Crippen molar-refractivity contribution in [3.63, 3.8) is 0 Å². The van der Waals surface area contributed by atoms with Crippen LogP contribution in [0, 0.1) is 5.92 Å². The van der Waals surface area contributed by atoms with Crippen molar-refractivity contribution in [2.24, 2.45) is 5.92 Å². The number of rotatable bonds is 14. The first-order valence-electron chi connectivity index (χ1n) is 14.5. The van der Waals surface area contributed by atoms with Crippen LogP contribution in [0.4, 0.5) is 5.13 Å². The number of nitrogens with zero attached hydrogens (tertiary/aromatic N) is 4. The van der Waals surface area contributed by atoms with E-state index in [2.05, 4.69) is 15.3 Å². The number of benzene rings is 1. The standard InChI is InChI=1S/C31H35N5O6S2/c1-42-19-18-36(17-14-28(37)38)44(40,41)24-8-6-22(7-9-24)25(20-21-4-2-3-5-21)29(39)35-31-34-27-11-10-26(33-30(27)43-31)23-12-15-32-16-13-23/h6-13,15-16,21,25H,2-5,14,17-20H2,1H3,(H,37,38)(H,34,35,39)/t25-/m1/s1. The van der Waals surface area contributed by atoms with Crippen LogP contribution in [0.1, 0.15) is 50.0 Å². The predicted molar refractivity (Wildman–Crippen MR) is 168 cm³/mol. The summed E-state index contributed by atoms with van der Waals surface area (Å²) in [6.45, 7) is -0.00882. The summed E-state index contributed by atoms with van der Waals surface area (Å²) in [6, 6.07) is 13.9. The number of carbonyl (C=O) groups excluding carboxylic acids is 1. The molecule has 1 amide bonds. The van der Waals surface area contributed by atoms with E-state index in [0.29, 0.717) is 33.4 Å². The topological polar surface area (TPSA) is 152 Å². The van der Waals surface area contributed by atoms with Crippen molar-refractivity contribution in [2.45, 2.75) is 49.3 Å². The van der Waals surface area contributed by atoms with Gasteiger partial charge in [0.15, 0.2) is 5.13 Å². The fourth-order valence-corrected chi connectivity index (χ4v) is 7.77. The molecule has 1 atom stereocenters. The van der Waals surface area contributed by atoms with Gasteiger partial charge in [-0.15, -0.1) is 0 Å². The van der Waals surface area contributed by atoms with Crippen molar-refractivity contribution in [1.29, 1.82) is 0 Å². The number of aromatic nitrogens is 3. The van der Waals surface area contributed by atoms with E-state index in [9.17, 15) is 18.0 Å². The van der Waals surface area contributed by atoms with Crippen molar-refractivity contribution < 1.29 is 27.9 Å². The molecule has 0 radical (unpaired) electrons. The van der Waals surface area contributed by atoms with Gasteiger partial charge in [0.2, 0.25) is 15.9 Å². The Morgan fingerprint density at radius 2 is 1.77 bits per heavy atom. The number of hydrogen-bond donors (Lipinski definition) is 2. The molecule has 1 aliphatic rings. The molecule has 1 aliphatic carbocycles. The van der Waals surface area contributed by atoms with Gasteiger partial charge in [0.25, 0.3) is 0 Å². The van der Waals surface area contributed by atoms with Crippen LogP contribution in [0.15, 0.2) is 65.8 Å². The number of carbonyl (C=O) groups is 2. The van der Waals surface area contributed by atoms with Gasteiger partial charge in [-0.1, -0.05) is 49.2 Å². The zero-order valence-corrected chi connectivity index (χ0v) is 26.0. The maximum absolute atomic E-state index is 13.8. The molecule has 232 valence electrons. The Kier molecular flexibility index (Phi) is 10.3. The number of carboxylic acids is 1. The maximum atomic E-state index is 13.8. The van der Waals surface area contributed by atoms with Crippen molar-refractivity contribution in [3.05, 3.63) is 66.5 Å². The summed E-state index contributed by atoms with van der Waals surface area (Å²) in [5, 5.41) is 12.5. The van der Waals surface area contributed by atoms with Gasteiger partial charge in [-0.3, -0.25) is 14.6 Å². The fourth-order valence-electron chi connectivity index (χ4n) is 5.51. The van der Waals surface area contributed by atoms with Crippen LogP contribution in [-0.2, 0) is 24.3 Å². The van der Waals surface area contributed by atoms with Crippen LogP contribution in [-0.4, -0.2) is 71.5 Å². The highest BCUT2D eigenvalue weighted by Crippen LogP contribution is 2.36. The number of thiazole rings is 1. The third-order valence-corrected chi connectivity index (χ3v) is 10.7. The van der Waals surface area contributed by atoms with Gasteiger partial charge in [0, 0.05) is 38.2 Å². The summed E-state index contributed by atoms with van der Waals surface area (Å²) in [5.74, 6) is -1.39. The lowest BCUT2D eigenvalue weighted by atomic mass is 9.87. The second-order valence-corrected chi connectivity index (χ2v) is 13.7. The average Bonchev–Trinajstić information content (AvgIpc) is 3.69. The molecule has 3 heterocycles. The highest BCUT2D eigenvalue weighted by molar-refractivity contribution is 7.89. The SMILES string of the molecule is COCCN(CCC(=O)O)S(=O)(=O)c1ccc([C@@H](CC2CCCC2)C(=O)Nc2nc3ccc(-c4ccncc4)nc3s2)cc1.